The molecule has 0 atom stereocenters. The van der Waals surface area contributed by atoms with Crippen molar-refractivity contribution in [1.29, 1.82) is 0 Å². The van der Waals surface area contributed by atoms with Crippen molar-refractivity contribution in [2.24, 2.45) is 15.3 Å². The Balaban J connectivity index is 1.31. The maximum Gasteiger partial charge on any atom is 0.267 e. The van der Waals surface area contributed by atoms with E-state index in [2.05, 4.69) is 15.5 Å². The van der Waals surface area contributed by atoms with Gasteiger partial charge in [-0.15, -0.1) is 5.10 Å². The quantitative estimate of drug-likeness (QED) is 0.152. The zero-order valence-electron chi connectivity index (χ0n) is 22.5. The topological polar surface area (TPSA) is 157 Å². The van der Waals surface area contributed by atoms with Crippen molar-refractivity contribution in [3.63, 3.8) is 0 Å². The van der Waals surface area contributed by atoms with E-state index < -0.39 is 15.9 Å². The summed E-state index contributed by atoms with van der Waals surface area (Å²) in [5.41, 5.74) is 1.82. The van der Waals surface area contributed by atoms with Crippen LogP contribution in [0.5, 0.6) is 5.75 Å². The number of rotatable bonds is 10. The van der Waals surface area contributed by atoms with Crippen LogP contribution >= 0.6 is 11.8 Å². The normalized spacial score (nSPS) is 15.5. The van der Waals surface area contributed by atoms with Gasteiger partial charge < -0.3 is 14.5 Å². The number of amides is 2. The van der Waals surface area contributed by atoms with Crippen molar-refractivity contribution in [3.8, 4) is 5.75 Å². The molecule has 2 amide bonds. The first kappa shape index (κ1) is 29.5. The van der Waals surface area contributed by atoms with E-state index in [0.29, 0.717) is 32.8 Å². The summed E-state index contributed by atoms with van der Waals surface area (Å²) in [6, 6.07) is 25.4. The Hall–Kier alpha value is -4.98. The molecule has 0 radical (unpaired) electrons. The fraction of sp³-hybridized carbons (Fsp3) is 0.0667. The van der Waals surface area contributed by atoms with Crippen LogP contribution in [-0.2, 0) is 26.2 Å². The third kappa shape index (κ3) is 7.86. The third-order valence-corrected chi connectivity index (χ3v) is 7.89. The van der Waals surface area contributed by atoms with Crippen molar-refractivity contribution in [2.75, 3.05) is 11.9 Å². The maximum atomic E-state index is 13.5. The molecule has 1 saturated heterocycles. The van der Waals surface area contributed by atoms with Crippen molar-refractivity contribution in [2.45, 2.75) is 11.4 Å². The van der Waals surface area contributed by atoms with Crippen LogP contribution in [0.15, 0.2) is 122 Å². The number of nitrogens with zero attached hydrogens (tertiary/aromatic N) is 3. The number of para-hydroxylation sites is 1. The van der Waals surface area contributed by atoms with Crippen LogP contribution in [0.25, 0.3) is 6.08 Å². The Morgan fingerprint density at radius 2 is 1.74 bits per heavy atom. The number of nitrogens with two attached hydrogens (primary N) is 1. The molecular weight excluding hydrogens is 590 g/mol. The number of hydrogen-bond donors (Lipinski definition) is 2. The predicted octanol–water partition coefficient (Wildman–Crippen LogP) is 4.45. The second kappa shape index (κ2) is 13.3. The molecule has 0 saturated carbocycles. The first-order valence-electron chi connectivity index (χ1n) is 12.8. The molecule has 1 aliphatic rings. The van der Waals surface area contributed by atoms with E-state index in [-0.39, 0.29) is 24.0 Å². The SMILES string of the molecule is NS(=O)(=O)c1ccc(NC(=O)COc2ccccc2/C=C2\S/C(=N/N=C\c3ccccc3)N(Cc3ccco3)C2=O)cc1. The summed E-state index contributed by atoms with van der Waals surface area (Å²) in [4.78, 5) is 27.8. The molecule has 0 bridgehead atoms. The van der Waals surface area contributed by atoms with Gasteiger partial charge in [0.1, 0.15) is 11.5 Å². The highest BCUT2D eigenvalue weighted by Crippen LogP contribution is 2.35. The molecule has 0 aliphatic carbocycles. The number of carbonyl (C=O) groups excluding carboxylic acids is 2. The van der Waals surface area contributed by atoms with Crippen LogP contribution < -0.4 is 15.2 Å². The summed E-state index contributed by atoms with van der Waals surface area (Å²) in [6.07, 6.45) is 4.81. The molecule has 5 rings (SSSR count). The molecule has 3 aromatic carbocycles. The molecule has 13 heteroatoms. The van der Waals surface area contributed by atoms with Gasteiger partial charge in [0.25, 0.3) is 11.8 Å². The number of anilines is 1. The first-order valence-corrected chi connectivity index (χ1v) is 15.2. The lowest BCUT2D eigenvalue weighted by Gasteiger charge is -2.12. The monoisotopic (exact) mass is 615 g/mol. The highest BCUT2D eigenvalue weighted by atomic mass is 32.2. The largest absolute Gasteiger partial charge is 0.483 e. The number of ether oxygens (including phenoxy) is 1. The molecule has 11 nitrogen and oxygen atoms in total. The van der Waals surface area contributed by atoms with Crippen LogP contribution in [0, 0.1) is 0 Å². The lowest BCUT2D eigenvalue weighted by molar-refractivity contribution is -0.122. The Morgan fingerprint density at radius 3 is 2.47 bits per heavy atom. The van der Waals surface area contributed by atoms with E-state index in [1.165, 1.54) is 35.4 Å². The van der Waals surface area contributed by atoms with Gasteiger partial charge in [0, 0.05) is 11.3 Å². The molecule has 3 N–H and O–H groups in total. The van der Waals surface area contributed by atoms with Gasteiger partial charge in [-0.05, 0) is 65.9 Å². The Bertz CT molecular complexity index is 1800. The summed E-state index contributed by atoms with van der Waals surface area (Å²) in [6.45, 7) is -0.157. The number of hydrogen-bond acceptors (Lipinski definition) is 9. The van der Waals surface area contributed by atoms with Gasteiger partial charge in [-0.25, -0.2) is 13.6 Å². The highest BCUT2D eigenvalue weighted by Gasteiger charge is 2.34. The number of thioether (sulfide) groups is 1. The van der Waals surface area contributed by atoms with Crippen LogP contribution in [0.3, 0.4) is 0 Å². The standard InChI is InChI=1S/C30H25N5O6S2/c31-43(38,39)25-14-12-23(13-15-25)33-28(36)20-41-26-11-5-4-9-22(26)17-27-29(37)35(19-24-10-6-16-40-24)30(42-27)34-32-18-21-7-2-1-3-8-21/h1-18H,19-20H2,(H,33,36)(H2,31,38,39)/b27-17-,32-18-,34-30+. The summed E-state index contributed by atoms with van der Waals surface area (Å²) in [7, 11) is -3.84. The Labute approximate surface area is 251 Å². The van der Waals surface area contributed by atoms with Crippen LogP contribution in [0.2, 0.25) is 0 Å². The van der Waals surface area contributed by atoms with Gasteiger partial charge in [-0.2, -0.15) is 5.10 Å². The van der Waals surface area contributed by atoms with Gasteiger partial charge in [-0.3, -0.25) is 14.5 Å². The summed E-state index contributed by atoms with van der Waals surface area (Å²) in [5, 5.41) is 16.6. The number of sulfonamides is 1. The molecule has 1 aliphatic heterocycles. The highest BCUT2D eigenvalue weighted by molar-refractivity contribution is 8.18. The minimum Gasteiger partial charge on any atom is -0.483 e. The molecule has 1 fully saturated rings. The van der Waals surface area contributed by atoms with Crippen molar-refractivity contribution in [1.82, 2.24) is 4.90 Å². The number of nitrogens with one attached hydrogen (secondary N) is 1. The lowest BCUT2D eigenvalue weighted by Crippen LogP contribution is -2.28. The molecule has 2 heterocycles. The second-order valence-corrected chi connectivity index (χ2v) is 11.6. The average Bonchev–Trinajstić information content (AvgIpc) is 3.61. The van der Waals surface area contributed by atoms with Crippen molar-refractivity contribution < 1.29 is 27.2 Å². The fourth-order valence-corrected chi connectivity index (χ4v) is 5.35. The smallest absolute Gasteiger partial charge is 0.267 e. The number of amidine groups is 1. The van der Waals surface area contributed by atoms with E-state index >= 15 is 0 Å². The zero-order chi connectivity index (χ0) is 30.2. The van der Waals surface area contributed by atoms with E-state index in [0.717, 1.165) is 17.3 Å². The number of furan rings is 1. The first-order chi connectivity index (χ1) is 20.8. The van der Waals surface area contributed by atoms with Crippen LogP contribution in [0.4, 0.5) is 5.69 Å². The maximum absolute atomic E-state index is 13.5. The number of benzene rings is 3. The molecule has 4 aromatic rings. The lowest BCUT2D eigenvalue weighted by atomic mass is 10.2. The van der Waals surface area contributed by atoms with Crippen LogP contribution in [0.1, 0.15) is 16.9 Å². The number of primary sulfonamides is 1. The van der Waals surface area contributed by atoms with E-state index in [1.807, 2.05) is 30.3 Å². The molecule has 0 unspecified atom stereocenters. The van der Waals surface area contributed by atoms with E-state index in [1.54, 1.807) is 48.7 Å². The summed E-state index contributed by atoms with van der Waals surface area (Å²) in [5.74, 6) is 0.218. The predicted molar refractivity (Wildman–Crippen MR) is 165 cm³/mol. The van der Waals surface area contributed by atoms with Gasteiger partial charge in [0.15, 0.2) is 11.8 Å². The number of carbonyl (C=O) groups is 2. The minimum atomic E-state index is -3.84. The van der Waals surface area contributed by atoms with Gasteiger partial charge in [0.2, 0.25) is 10.0 Å². The minimum absolute atomic E-state index is 0.0676. The van der Waals surface area contributed by atoms with Crippen molar-refractivity contribution in [3.05, 3.63) is 119 Å². The molecule has 1 aromatic heterocycles. The average molecular weight is 616 g/mol. The summed E-state index contributed by atoms with van der Waals surface area (Å²) < 4.78 is 34.1. The van der Waals surface area contributed by atoms with Crippen molar-refractivity contribution >= 4 is 56.7 Å². The van der Waals surface area contributed by atoms with Gasteiger partial charge in [-0.1, -0.05) is 48.5 Å². The van der Waals surface area contributed by atoms with Crippen LogP contribution in [-0.4, -0.2) is 43.1 Å². The third-order valence-electron chi connectivity index (χ3n) is 5.96. The zero-order valence-corrected chi connectivity index (χ0v) is 24.1. The molecular formula is C30H25N5O6S2. The van der Waals surface area contributed by atoms with E-state index in [9.17, 15) is 18.0 Å². The molecule has 0 spiro atoms. The second-order valence-electron chi connectivity index (χ2n) is 9.06. The van der Waals surface area contributed by atoms with E-state index in [4.69, 9.17) is 14.3 Å². The Kier molecular flexibility index (Phi) is 9.15. The molecule has 43 heavy (non-hydrogen) atoms. The summed E-state index contributed by atoms with van der Waals surface area (Å²) >= 11 is 1.16. The van der Waals surface area contributed by atoms with Gasteiger partial charge >= 0.3 is 0 Å². The Morgan fingerprint density at radius 1 is 1.00 bits per heavy atom. The van der Waals surface area contributed by atoms with Gasteiger partial charge in [0.05, 0.1) is 28.8 Å². The fourth-order valence-electron chi connectivity index (χ4n) is 3.91. The molecule has 218 valence electrons.